The van der Waals surface area contributed by atoms with Gasteiger partial charge in [0.1, 0.15) is 5.75 Å². The van der Waals surface area contributed by atoms with Crippen molar-refractivity contribution in [1.29, 1.82) is 0 Å². The standard InChI is InChI=1S/C21H25F3N4O4S/c22-21(23,24)32-18-5-1-17(2-6-18)14-27-9-11-28(12-10-27)15-20(29)26-13-16-3-7-19(8-4-16)33(25,30)31/h1-8H,9-15H2,(H,26,29)(H2,25,30,31). The normalized spacial score (nSPS) is 15.9. The van der Waals surface area contributed by atoms with E-state index in [-0.39, 0.29) is 29.6 Å². The summed E-state index contributed by atoms with van der Waals surface area (Å²) in [5.74, 6) is -0.387. The number of carbonyl (C=O) groups is 1. The van der Waals surface area contributed by atoms with Gasteiger partial charge in [0, 0.05) is 39.3 Å². The first-order valence-electron chi connectivity index (χ1n) is 10.2. The van der Waals surface area contributed by atoms with E-state index < -0.39 is 16.4 Å². The number of benzene rings is 2. The van der Waals surface area contributed by atoms with Gasteiger partial charge in [-0.05, 0) is 35.4 Å². The molecule has 1 fully saturated rings. The molecule has 0 aliphatic carbocycles. The molecule has 0 bridgehead atoms. The summed E-state index contributed by atoms with van der Waals surface area (Å²) < 4.78 is 63.1. The molecule has 0 aromatic heterocycles. The second kappa shape index (κ2) is 10.5. The van der Waals surface area contributed by atoms with E-state index >= 15 is 0 Å². The fraction of sp³-hybridized carbons (Fsp3) is 0.381. The SMILES string of the molecule is NS(=O)(=O)c1ccc(CNC(=O)CN2CCN(Cc3ccc(OC(F)(F)F)cc3)CC2)cc1. The Morgan fingerprint density at radius 2 is 1.48 bits per heavy atom. The van der Waals surface area contributed by atoms with Gasteiger partial charge in [0.2, 0.25) is 15.9 Å². The minimum atomic E-state index is -4.71. The molecule has 0 radical (unpaired) electrons. The number of piperazine rings is 1. The number of alkyl halides is 3. The third-order valence-corrected chi connectivity index (χ3v) is 6.07. The smallest absolute Gasteiger partial charge is 0.406 e. The lowest BCUT2D eigenvalue weighted by molar-refractivity contribution is -0.274. The van der Waals surface area contributed by atoms with Crippen LogP contribution < -0.4 is 15.2 Å². The maximum absolute atomic E-state index is 12.2. The van der Waals surface area contributed by atoms with Crippen LogP contribution in [0.5, 0.6) is 5.75 Å². The summed E-state index contributed by atoms with van der Waals surface area (Å²) in [7, 11) is -3.75. The van der Waals surface area contributed by atoms with Gasteiger partial charge in [-0.1, -0.05) is 24.3 Å². The molecule has 3 rings (SSSR count). The fourth-order valence-electron chi connectivity index (χ4n) is 3.42. The average Bonchev–Trinajstić information content (AvgIpc) is 2.74. The molecule has 180 valence electrons. The minimum Gasteiger partial charge on any atom is -0.406 e. The fourth-order valence-corrected chi connectivity index (χ4v) is 3.93. The number of nitrogens with one attached hydrogen (secondary N) is 1. The molecule has 0 atom stereocenters. The molecule has 2 aromatic rings. The lowest BCUT2D eigenvalue weighted by Gasteiger charge is -2.34. The Kier molecular flexibility index (Phi) is 7.95. The van der Waals surface area contributed by atoms with Crippen LogP contribution in [-0.2, 0) is 27.9 Å². The van der Waals surface area contributed by atoms with Crippen molar-refractivity contribution in [3.63, 3.8) is 0 Å². The Morgan fingerprint density at radius 1 is 0.939 bits per heavy atom. The molecular weight excluding hydrogens is 461 g/mol. The van der Waals surface area contributed by atoms with Gasteiger partial charge < -0.3 is 10.1 Å². The number of hydrogen-bond donors (Lipinski definition) is 2. The molecule has 1 aliphatic heterocycles. The first-order chi connectivity index (χ1) is 15.5. The molecule has 0 spiro atoms. The summed E-state index contributed by atoms with van der Waals surface area (Å²) >= 11 is 0. The molecule has 1 saturated heterocycles. The van der Waals surface area contributed by atoms with Crippen molar-refractivity contribution in [1.82, 2.24) is 15.1 Å². The summed E-state index contributed by atoms with van der Waals surface area (Å²) in [5.41, 5.74) is 1.64. The molecule has 1 aliphatic rings. The first-order valence-corrected chi connectivity index (χ1v) is 11.7. The number of primary sulfonamides is 1. The number of halogens is 3. The quantitative estimate of drug-likeness (QED) is 0.588. The van der Waals surface area contributed by atoms with E-state index in [1.54, 1.807) is 24.3 Å². The van der Waals surface area contributed by atoms with Crippen LogP contribution in [0.4, 0.5) is 13.2 Å². The van der Waals surface area contributed by atoms with Gasteiger partial charge in [0.15, 0.2) is 0 Å². The van der Waals surface area contributed by atoms with Crippen molar-refractivity contribution in [3.05, 3.63) is 59.7 Å². The number of carbonyl (C=O) groups excluding carboxylic acids is 1. The van der Waals surface area contributed by atoms with Crippen molar-refractivity contribution in [3.8, 4) is 5.75 Å². The number of rotatable bonds is 8. The zero-order valence-corrected chi connectivity index (χ0v) is 18.5. The van der Waals surface area contributed by atoms with Gasteiger partial charge in [-0.3, -0.25) is 14.6 Å². The Hall–Kier alpha value is -2.67. The second-order valence-electron chi connectivity index (χ2n) is 7.71. The molecule has 12 heteroatoms. The highest BCUT2D eigenvalue weighted by Gasteiger charge is 2.31. The minimum absolute atomic E-state index is 0.0148. The van der Waals surface area contributed by atoms with Crippen molar-refractivity contribution in [2.24, 2.45) is 5.14 Å². The summed E-state index contributed by atoms with van der Waals surface area (Å²) in [6, 6.07) is 11.8. The van der Waals surface area contributed by atoms with E-state index in [1.165, 1.54) is 24.3 Å². The number of amides is 1. The molecule has 3 N–H and O–H groups in total. The van der Waals surface area contributed by atoms with Crippen LogP contribution in [0.15, 0.2) is 53.4 Å². The third-order valence-electron chi connectivity index (χ3n) is 5.14. The lowest BCUT2D eigenvalue weighted by Crippen LogP contribution is -2.49. The second-order valence-corrected chi connectivity index (χ2v) is 9.27. The first kappa shape index (κ1) is 25.0. The van der Waals surface area contributed by atoms with Crippen LogP contribution in [0, 0.1) is 0 Å². The van der Waals surface area contributed by atoms with Crippen molar-refractivity contribution in [2.75, 3.05) is 32.7 Å². The van der Waals surface area contributed by atoms with E-state index in [1.807, 2.05) is 4.90 Å². The predicted octanol–water partition coefficient (Wildman–Crippen LogP) is 1.67. The van der Waals surface area contributed by atoms with Gasteiger partial charge in [0.05, 0.1) is 11.4 Å². The lowest BCUT2D eigenvalue weighted by atomic mass is 10.2. The molecule has 33 heavy (non-hydrogen) atoms. The average molecular weight is 487 g/mol. The van der Waals surface area contributed by atoms with Gasteiger partial charge in [-0.2, -0.15) is 0 Å². The number of nitrogens with two attached hydrogens (primary N) is 1. The van der Waals surface area contributed by atoms with E-state index in [0.29, 0.717) is 19.6 Å². The van der Waals surface area contributed by atoms with E-state index in [2.05, 4.69) is 15.0 Å². The van der Waals surface area contributed by atoms with Crippen LogP contribution in [-0.4, -0.2) is 63.2 Å². The van der Waals surface area contributed by atoms with Crippen LogP contribution in [0.3, 0.4) is 0 Å². The molecule has 0 unspecified atom stereocenters. The third kappa shape index (κ3) is 8.31. The number of ether oxygens (including phenoxy) is 1. The highest BCUT2D eigenvalue weighted by Crippen LogP contribution is 2.23. The summed E-state index contributed by atoms with van der Waals surface area (Å²) in [6.45, 7) is 3.94. The Balaban J connectivity index is 1.38. The van der Waals surface area contributed by atoms with Gasteiger partial charge in [-0.25, -0.2) is 13.6 Å². The molecule has 2 aromatic carbocycles. The van der Waals surface area contributed by atoms with Crippen molar-refractivity contribution < 1.29 is 31.1 Å². The highest BCUT2D eigenvalue weighted by molar-refractivity contribution is 7.89. The zero-order chi connectivity index (χ0) is 24.1. The van der Waals surface area contributed by atoms with Crippen molar-refractivity contribution >= 4 is 15.9 Å². The summed E-state index contributed by atoms with van der Waals surface area (Å²) in [4.78, 5) is 16.4. The van der Waals surface area contributed by atoms with Crippen LogP contribution in [0.25, 0.3) is 0 Å². The summed E-state index contributed by atoms with van der Waals surface area (Å²) in [5, 5.41) is 7.87. The van der Waals surface area contributed by atoms with Crippen LogP contribution in [0.2, 0.25) is 0 Å². The Morgan fingerprint density at radius 3 is 2.03 bits per heavy atom. The largest absolute Gasteiger partial charge is 0.573 e. The highest BCUT2D eigenvalue weighted by atomic mass is 32.2. The molecule has 0 saturated carbocycles. The van der Waals surface area contributed by atoms with E-state index in [4.69, 9.17) is 5.14 Å². The maximum Gasteiger partial charge on any atom is 0.573 e. The van der Waals surface area contributed by atoms with Crippen LogP contribution >= 0.6 is 0 Å². The maximum atomic E-state index is 12.2. The topological polar surface area (TPSA) is 105 Å². The number of sulfonamides is 1. The van der Waals surface area contributed by atoms with Gasteiger partial charge >= 0.3 is 6.36 Å². The number of nitrogens with zero attached hydrogens (tertiary/aromatic N) is 2. The molecule has 1 heterocycles. The molecule has 1 amide bonds. The Labute approximate surface area is 190 Å². The Bertz CT molecular complexity index is 1040. The van der Waals surface area contributed by atoms with Gasteiger partial charge in [0.25, 0.3) is 0 Å². The molecule has 8 nitrogen and oxygen atoms in total. The monoisotopic (exact) mass is 486 g/mol. The molecular formula is C21H25F3N4O4S. The predicted molar refractivity (Wildman–Crippen MR) is 115 cm³/mol. The van der Waals surface area contributed by atoms with E-state index in [9.17, 15) is 26.4 Å². The zero-order valence-electron chi connectivity index (χ0n) is 17.7. The summed E-state index contributed by atoms with van der Waals surface area (Å²) in [6.07, 6.45) is -4.71. The van der Waals surface area contributed by atoms with Gasteiger partial charge in [-0.15, -0.1) is 13.2 Å². The number of hydrogen-bond acceptors (Lipinski definition) is 6. The van der Waals surface area contributed by atoms with E-state index in [0.717, 1.165) is 24.2 Å². The van der Waals surface area contributed by atoms with Crippen molar-refractivity contribution in [2.45, 2.75) is 24.3 Å². The van der Waals surface area contributed by atoms with Crippen LogP contribution in [0.1, 0.15) is 11.1 Å².